The number of hydrogen-bond acceptors (Lipinski definition) is 3. The highest BCUT2D eigenvalue weighted by Crippen LogP contribution is 2.42. The first kappa shape index (κ1) is 26.7. The van der Waals surface area contributed by atoms with Crippen LogP contribution in [0.5, 0.6) is 5.75 Å². The van der Waals surface area contributed by atoms with Gasteiger partial charge in [0.2, 0.25) is 5.91 Å². The van der Waals surface area contributed by atoms with Crippen molar-refractivity contribution in [1.29, 1.82) is 0 Å². The van der Waals surface area contributed by atoms with Gasteiger partial charge in [-0.3, -0.25) is 9.59 Å². The van der Waals surface area contributed by atoms with Crippen LogP contribution in [0.2, 0.25) is 10.0 Å². The average Bonchev–Trinajstić information content (AvgIpc) is 3.58. The summed E-state index contributed by atoms with van der Waals surface area (Å²) in [6.45, 7) is 3.62. The van der Waals surface area contributed by atoms with Gasteiger partial charge in [0.15, 0.2) is 5.67 Å². The fraction of sp³-hybridized carbons (Fsp3) is 0.481. The molecule has 9 heteroatoms. The van der Waals surface area contributed by atoms with Crippen LogP contribution < -0.4 is 15.4 Å². The Morgan fingerprint density at radius 1 is 1.22 bits per heavy atom. The first-order chi connectivity index (χ1) is 16.9. The molecule has 2 unspecified atom stereocenters. The fourth-order valence-electron chi connectivity index (χ4n) is 4.45. The van der Waals surface area contributed by atoms with Gasteiger partial charge in [-0.1, -0.05) is 41.4 Å². The monoisotopic (exact) mass is 538 g/mol. The summed E-state index contributed by atoms with van der Waals surface area (Å²) in [5.74, 6) is -0.711. The van der Waals surface area contributed by atoms with E-state index in [1.54, 1.807) is 12.1 Å². The average molecular weight is 539 g/mol. The number of halogens is 4. The van der Waals surface area contributed by atoms with Crippen molar-refractivity contribution in [3.63, 3.8) is 0 Å². The predicted molar refractivity (Wildman–Crippen MR) is 137 cm³/mol. The zero-order valence-electron chi connectivity index (χ0n) is 20.5. The van der Waals surface area contributed by atoms with Crippen LogP contribution in [0.1, 0.15) is 63.6 Å². The van der Waals surface area contributed by atoms with Crippen LogP contribution in [-0.2, 0) is 16.0 Å². The van der Waals surface area contributed by atoms with E-state index < -0.39 is 23.3 Å². The molecule has 1 fully saturated rings. The van der Waals surface area contributed by atoms with Gasteiger partial charge in [-0.15, -0.1) is 0 Å². The van der Waals surface area contributed by atoms with Gasteiger partial charge in [0.05, 0.1) is 11.1 Å². The van der Waals surface area contributed by atoms with Crippen LogP contribution in [0, 0.1) is 0 Å². The number of fused-ring (bicyclic) bond motifs is 1. The molecule has 1 saturated carbocycles. The van der Waals surface area contributed by atoms with E-state index in [1.807, 2.05) is 18.2 Å². The summed E-state index contributed by atoms with van der Waals surface area (Å²) in [4.78, 5) is 25.2. The number of alkyl halides is 2. The van der Waals surface area contributed by atoms with Crippen molar-refractivity contribution < 1.29 is 23.1 Å². The number of carbonyl (C=O) groups excluding carboxylic acids is 2. The first-order valence-corrected chi connectivity index (χ1v) is 12.9. The smallest absolute Gasteiger partial charge is 0.257 e. The van der Waals surface area contributed by atoms with E-state index in [0.717, 1.165) is 36.0 Å². The van der Waals surface area contributed by atoms with E-state index in [4.69, 9.17) is 27.9 Å². The van der Waals surface area contributed by atoms with Gasteiger partial charge in [0, 0.05) is 10.6 Å². The number of amides is 2. The van der Waals surface area contributed by atoms with Gasteiger partial charge in [-0.2, -0.15) is 0 Å². The number of nitrogens with one attached hydrogen (secondary N) is 2. The molecule has 194 valence electrons. The molecule has 2 atom stereocenters. The summed E-state index contributed by atoms with van der Waals surface area (Å²) in [7, 11) is 0. The third kappa shape index (κ3) is 5.78. The van der Waals surface area contributed by atoms with Gasteiger partial charge >= 0.3 is 0 Å². The highest BCUT2D eigenvalue weighted by atomic mass is 35.5. The van der Waals surface area contributed by atoms with Gasteiger partial charge in [-0.05, 0) is 81.7 Å². The maximum Gasteiger partial charge on any atom is 0.257 e. The zero-order chi connectivity index (χ0) is 26.3. The highest BCUT2D eigenvalue weighted by molar-refractivity contribution is 6.36. The van der Waals surface area contributed by atoms with Crippen LogP contribution in [0.3, 0.4) is 0 Å². The Morgan fingerprint density at radius 2 is 1.94 bits per heavy atom. The molecule has 2 aliphatic rings. The number of ether oxygens (including phenoxy) is 1. The maximum absolute atomic E-state index is 14.0. The Kier molecular flexibility index (Phi) is 7.54. The number of benzene rings is 2. The minimum absolute atomic E-state index is 0.134. The molecule has 0 saturated heterocycles. The number of aryl methyl sites for hydroxylation is 1. The van der Waals surface area contributed by atoms with Crippen molar-refractivity contribution in [3.05, 3.63) is 51.5 Å². The molecular weight excluding hydrogens is 509 g/mol. The molecule has 2 aliphatic carbocycles. The van der Waals surface area contributed by atoms with Crippen LogP contribution in [0.4, 0.5) is 8.78 Å². The van der Waals surface area contributed by atoms with Crippen molar-refractivity contribution >= 4 is 35.0 Å². The van der Waals surface area contributed by atoms with Crippen LogP contribution in [0.25, 0.3) is 11.1 Å². The summed E-state index contributed by atoms with van der Waals surface area (Å²) in [5, 5.41) is 6.40. The molecular formula is C27H30Cl2F2N2O3. The maximum atomic E-state index is 14.0. The minimum atomic E-state index is -2.06. The van der Waals surface area contributed by atoms with Gasteiger partial charge < -0.3 is 15.4 Å². The fourth-order valence-corrected chi connectivity index (χ4v) is 5.00. The molecule has 4 rings (SSSR count). The van der Waals surface area contributed by atoms with Crippen molar-refractivity contribution in [2.24, 2.45) is 0 Å². The van der Waals surface area contributed by atoms with Gasteiger partial charge in [-0.25, -0.2) is 8.78 Å². The van der Waals surface area contributed by atoms with E-state index in [1.165, 1.54) is 20.8 Å². The van der Waals surface area contributed by atoms with Crippen LogP contribution in [-0.4, -0.2) is 35.8 Å². The topological polar surface area (TPSA) is 67.4 Å². The second kappa shape index (κ2) is 10.2. The third-order valence-corrected chi connectivity index (χ3v) is 7.12. The number of carbonyl (C=O) groups is 2. The van der Waals surface area contributed by atoms with Gasteiger partial charge in [0.1, 0.15) is 24.1 Å². The predicted octanol–water partition coefficient (Wildman–Crippen LogP) is 6.29. The molecule has 0 radical (unpaired) electrons. The summed E-state index contributed by atoms with van der Waals surface area (Å²) in [6, 6.07) is 8.94. The molecule has 0 bridgehead atoms. The molecule has 2 aromatic rings. The standard InChI is InChI=1S/C27H30Cl2F2N2O3/c1-15(30)14-36-23-20(12-18(28)13-21(23)29)17-7-8-19-16(11-17)5-4-6-22(19)32-25(35)27(9-10-27)33-24(34)26(2,3)31/h7-8,11-13,15,22H,4-6,9-10,14H2,1-3H3,(H,32,35)(H,33,34). The first-order valence-electron chi connectivity index (χ1n) is 12.1. The molecule has 2 N–H and O–H groups in total. The molecule has 2 aromatic carbocycles. The Hall–Kier alpha value is -2.38. The molecule has 5 nitrogen and oxygen atoms in total. The lowest BCUT2D eigenvalue weighted by Gasteiger charge is -2.29. The SMILES string of the molecule is CC(F)COc1c(Cl)cc(Cl)cc1-c1ccc2c(c1)CCCC2NC(=O)C1(NC(=O)C(C)(C)F)CC1. The number of rotatable bonds is 8. The Labute approximate surface area is 219 Å². The highest BCUT2D eigenvalue weighted by Gasteiger charge is 2.53. The Morgan fingerprint density at radius 3 is 2.58 bits per heavy atom. The number of hydrogen-bond donors (Lipinski definition) is 2. The summed E-state index contributed by atoms with van der Waals surface area (Å²) >= 11 is 12.6. The Bertz CT molecular complexity index is 1180. The van der Waals surface area contributed by atoms with Crippen LogP contribution in [0.15, 0.2) is 30.3 Å². The molecule has 2 amide bonds. The molecule has 0 aliphatic heterocycles. The second-order valence-electron chi connectivity index (χ2n) is 10.2. The summed E-state index contributed by atoms with van der Waals surface area (Å²) < 4.78 is 33.1. The van der Waals surface area contributed by atoms with Crippen molar-refractivity contribution in [3.8, 4) is 16.9 Å². The van der Waals surface area contributed by atoms with E-state index >= 15 is 0 Å². The lowest BCUT2D eigenvalue weighted by molar-refractivity contribution is -0.136. The summed E-state index contributed by atoms with van der Waals surface area (Å²) in [6.07, 6.45) is 2.23. The van der Waals surface area contributed by atoms with Crippen molar-refractivity contribution in [2.75, 3.05) is 6.61 Å². The molecule has 0 aromatic heterocycles. The molecule has 0 spiro atoms. The summed E-state index contributed by atoms with van der Waals surface area (Å²) in [5.41, 5.74) is 0.425. The normalized spacial score (nSPS) is 19.1. The van der Waals surface area contributed by atoms with E-state index in [0.29, 0.717) is 34.2 Å². The minimum Gasteiger partial charge on any atom is -0.488 e. The van der Waals surface area contributed by atoms with Crippen LogP contribution >= 0.6 is 23.2 Å². The van der Waals surface area contributed by atoms with E-state index in [2.05, 4.69) is 10.6 Å². The molecule has 0 heterocycles. The lowest BCUT2D eigenvalue weighted by Crippen LogP contribution is -2.53. The van der Waals surface area contributed by atoms with E-state index in [-0.39, 0.29) is 18.6 Å². The second-order valence-corrected chi connectivity index (χ2v) is 11.0. The quantitative estimate of drug-likeness (QED) is 0.415. The van der Waals surface area contributed by atoms with Crippen molar-refractivity contribution in [2.45, 2.75) is 76.3 Å². The van der Waals surface area contributed by atoms with E-state index in [9.17, 15) is 18.4 Å². The van der Waals surface area contributed by atoms with Crippen molar-refractivity contribution in [1.82, 2.24) is 10.6 Å². The third-order valence-electron chi connectivity index (χ3n) is 6.62. The zero-order valence-corrected chi connectivity index (χ0v) is 22.0. The molecule has 36 heavy (non-hydrogen) atoms. The Balaban J connectivity index is 1.57. The largest absolute Gasteiger partial charge is 0.488 e. The van der Waals surface area contributed by atoms with Gasteiger partial charge in [0.25, 0.3) is 5.91 Å². The lowest BCUT2D eigenvalue weighted by atomic mass is 9.85.